The van der Waals surface area contributed by atoms with Crippen molar-refractivity contribution < 1.29 is 14.6 Å². The van der Waals surface area contributed by atoms with Crippen LogP contribution in [0.1, 0.15) is 50.5 Å². The molecule has 2 fully saturated rings. The van der Waals surface area contributed by atoms with E-state index in [1.165, 1.54) is 19.3 Å². The third-order valence-corrected chi connectivity index (χ3v) is 5.40. The van der Waals surface area contributed by atoms with Crippen LogP contribution in [0.4, 0.5) is 0 Å². The molecule has 23 heavy (non-hydrogen) atoms. The van der Waals surface area contributed by atoms with E-state index in [1.54, 1.807) is 0 Å². The van der Waals surface area contributed by atoms with Gasteiger partial charge in [-0.15, -0.1) is 0 Å². The highest BCUT2D eigenvalue weighted by atomic mass is 16.5. The minimum absolute atomic E-state index is 0.00152. The summed E-state index contributed by atoms with van der Waals surface area (Å²) in [7, 11) is 0. The number of nitrogens with zero attached hydrogens (tertiary/aromatic N) is 1. The molecule has 2 bridgehead atoms. The van der Waals surface area contributed by atoms with Crippen molar-refractivity contribution in [2.45, 2.75) is 63.1 Å². The fourth-order valence-corrected chi connectivity index (χ4v) is 4.29. The van der Waals surface area contributed by atoms with E-state index in [-0.39, 0.29) is 18.7 Å². The average molecular weight is 317 g/mol. The summed E-state index contributed by atoms with van der Waals surface area (Å²) in [4.78, 5) is 15.1. The van der Waals surface area contributed by atoms with Gasteiger partial charge in [0.25, 0.3) is 0 Å². The first-order valence-electron chi connectivity index (χ1n) is 8.85. The molecule has 0 radical (unpaired) electrons. The Bertz CT molecular complexity index is 505. The normalized spacial score (nSPS) is 29.0. The number of benzene rings is 1. The lowest BCUT2D eigenvalue weighted by Gasteiger charge is -2.48. The zero-order valence-electron chi connectivity index (χ0n) is 13.9. The summed E-state index contributed by atoms with van der Waals surface area (Å²) in [6.45, 7) is 3.09. The highest BCUT2D eigenvalue weighted by Crippen LogP contribution is 2.35. The molecule has 0 amide bonds. The van der Waals surface area contributed by atoms with Crippen LogP contribution < -0.4 is 0 Å². The molecule has 4 atom stereocenters. The van der Waals surface area contributed by atoms with Gasteiger partial charge in [0.2, 0.25) is 0 Å². The maximum Gasteiger partial charge on any atom is 0.316 e. The molecule has 2 unspecified atom stereocenters. The largest absolute Gasteiger partial charge is 0.462 e. The summed E-state index contributed by atoms with van der Waals surface area (Å²) < 4.78 is 5.80. The second-order valence-electron chi connectivity index (χ2n) is 6.75. The number of aliphatic hydroxyl groups excluding tert-OH is 1. The summed E-state index contributed by atoms with van der Waals surface area (Å²) in [6.07, 6.45) is 5.57. The summed E-state index contributed by atoms with van der Waals surface area (Å²) in [5.74, 6) is -0.855. The summed E-state index contributed by atoms with van der Waals surface area (Å²) >= 11 is 0. The van der Waals surface area contributed by atoms with Crippen molar-refractivity contribution >= 4 is 5.97 Å². The van der Waals surface area contributed by atoms with Gasteiger partial charge in [-0.25, -0.2) is 0 Å². The second-order valence-corrected chi connectivity index (χ2v) is 6.75. The van der Waals surface area contributed by atoms with E-state index in [0.717, 1.165) is 24.9 Å². The SMILES string of the molecule is CCN1[C@@H]2CCC[C@H]1CC(OC(=O)C(CO)c1ccccc1)C2. The van der Waals surface area contributed by atoms with Crippen molar-refractivity contribution in [3.63, 3.8) is 0 Å². The molecule has 2 aliphatic rings. The van der Waals surface area contributed by atoms with Crippen LogP contribution in [-0.2, 0) is 9.53 Å². The molecule has 126 valence electrons. The molecule has 0 spiro atoms. The van der Waals surface area contributed by atoms with Crippen LogP contribution in [0.2, 0.25) is 0 Å². The van der Waals surface area contributed by atoms with Crippen LogP contribution in [0.25, 0.3) is 0 Å². The Kier molecular flexibility index (Phi) is 5.34. The van der Waals surface area contributed by atoms with E-state index in [2.05, 4.69) is 11.8 Å². The highest BCUT2D eigenvalue weighted by molar-refractivity contribution is 5.78. The van der Waals surface area contributed by atoms with E-state index in [4.69, 9.17) is 4.74 Å². The summed E-state index contributed by atoms with van der Waals surface area (Å²) in [5, 5.41) is 9.61. The highest BCUT2D eigenvalue weighted by Gasteiger charge is 2.39. The monoisotopic (exact) mass is 317 g/mol. The zero-order chi connectivity index (χ0) is 16.2. The van der Waals surface area contributed by atoms with Gasteiger partial charge < -0.3 is 9.84 Å². The topological polar surface area (TPSA) is 49.8 Å². The molecule has 1 aromatic carbocycles. The molecule has 3 rings (SSSR count). The van der Waals surface area contributed by atoms with Gasteiger partial charge in [-0.3, -0.25) is 9.69 Å². The number of carbonyl (C=O) groups excluding carboxylic acids is 1. The van der Waals surface area contributed by atoms with Crippen LogP contribution in [0.3, 0.4) is 0 Å². The first-order chi connectivity index (χ1) is 11.2. The first-order valence-corrected chi connectivity index (χ1v) is 8.85. The Labute approximate surface area is 138 Å². The minimum Gasteiger partial charge on any atom is -0.462 e. The van der Waals surface area contributed by atoms with E-state index >= 15 is 0 Å². The van der Waals surface area contributed by atoms with Gasteiger partial charge in [0, 0.05) is 24.9 Å². The molecule has 4 nitrogen and oxygen atoms in total. The van der Waals surface area contributed by atoms with Crippen LogP contribution >= 0.6 is 0 Å². The number of piperidine rings is 2. The van der Waals surface area contributed by atoms with Gasteiger partial charge in [0.15, 0.2) is 0 Å². The van der Waals surface area contributed by atoms with Crippen molar-refractivity contribution in [2.75, 3.05) is 13.2 Å². The van der Waals surface area contributed by atoms with Crippen LogP contribution in [0.15, 0.2) is 30.3 Å². The van der Waals surface area contributed by atoms with Crippen molar-refractivity contribution in [3.05, 3.63) is 35.9 Å². The van der Waals surface area contributed by atoms with Crippen molar-refractivity contribution in [1.82, 2.24) is 4.90 Å². The van der Waals surface area contributed by atoms with Gasteiger partial charge in [-0.05, 0) is 24.9 Å². The minimum atomic E-state index is -0.569. The molecule has 0 saturated carbocycles. The second kappa shape index (κ2) is 7.45. The van der Waals surface area contributed by atoms with Crippen molar-refractivity contribution in [2.24, 2.45) is 0 Å². The van der Waals surface area contributed by atoms with Gasteiger partial charge in [-0.1, -0.05) is 43.7 Å². The quantitative estimate of drug-likeness (QED) is 0.848. The Morgan fingerprint density at radius 3 is 2.48 bits per heavy atom. The van der Waals surface area contributed by atoms with Gasteiger partial charge in [0.05, 0.1) is 6.61 Å². The van der Waals surface area contributed by atoms with Crippen LogP contribution in [-0.4, -0.2) is 47.3 Å². The smallest absolute Gasteiger partial charge is 0.316 e. The van der Waals surface area contributed by atoms with Gasteiger partial charge in [0.1, 0.15) is 12.0 Å². The maximum atomic E-state index is 12.5. The molecular formula is C19H27NO3. The number of carbonyl (C=O) groups is 1. The number of fused-ring (bicyclic) bond motifs is 2. The molecule has 0 aliphatic carbocycles. The van der Waals surface area contributed by atoms with Crippen LogP contribution in [0.5, 0.6) is 0 Å². The van der Waals surface area contributed by atoms with Gasteiger partial charge in [-0.2, -0.15) is 0 Å². The van der Waals surface area contributed by atoms with E-state index < -0.39 is 5.92 Å². The molecule has 4 heteroatoms. The molecule has 1 aromatic rings. The fourth-order valence-electron chi connectivity index (χ4n) is 4.29. The Morgan fingerprint density at radius 2 is 1.91 bits per heavy atom. The lowest BCUT2D eigenvalue weighted by atomic mass is 9.83. The van der Waals surface area contributed by atoms with Gasteiger partial charge >= 0.3 is 5.97 Å². The summed E-state index contributed by atoms with van der Waals surface area (Å²) in [5.41, 5.74) is 0.825. The first kappa shape index (κ1) is 16.5. The van der Waals surface area contributed by atoms with Crippen molar-refractivity contribution in [1.29, 1.82) is 0 Å². The maximum absolute atomic E-state index is 12.5. The average Bonchev–Trinajstić information content (AvgIpc) is 2.55. The van der Waals surface area contributed by atoms with E-state index in [0.29, 0.717) is 12.1 Å². The number of esters is 1. The molecule has 2 heterocycles. The molecular weight excluding hydrogens is 290 g/mol. The van der Waals surface area contributed by atoms with E-state index in [9.17, 15) is 9.90 Å². The zero-order valence-corrected chi connectivity index (χ0v) is 13.9. The number of hydrogen-bond acceptors (Lipinski definition) is 4. The molecule has 2 aliphatic heterocycles. The number of ether oxygens (including phenoxy) is 1. The third kappa shape index (κ3) is 3.59. The van der Waals surface area contributed by atoms with Crippen LogP contribution in [0, 0.1) is 0 Å². The fraction of sp³-hybridized carbons (Fsp3) is 0.632. The number of aliphatic hydroxyl groups is 1. The molecule has 2 saturated heterocycles. The molecule has 1 N–H and O–H groups in total. The predicted octanol–water partition coefficient (Wildman–Crippen LogP) is 2.71. The third-order valence-electron chi connectivity index (χ3n) is 5.40. The lowest BCUT2D eigenvalue weighted by Crippen LogP contribution is -2.54. The van der Waals surface area contributed by atoms with Crippen molar-refractivity contribution in [3.8, 4) is 0 Å². The summed E-state index contributed by atoms with van der Waals surface area (Å²) in [6, 6.07) is 10.5. The lowest BCUT2D eigenvalue weighted by molar-refractivity contribution is -0.157. The standard InChI is InChI=1S/C19H27NO3/c1-2-20-15-9-6-10-16(20)12-17(11-15)23-19(22)18(13-21)14-7-4-3-5-8-14/h3-5,7-8,15-18,21H,2,6,9-13H2,1H3/t15-,16+,17?,18?. The number of rotatable bonds is 5. The molecule has 0 aromatic heterocycles. The van der Waals surface area contributed by atoms with E-state index in [1.807, 2.05) is 30.3 Å². The Morgan fingerprint density at radius 1 is 1.26 bits per heavy atom. The predicted molar refractivity (Wildman–Crippen MR) is 89.2 cm³/mol. The number of hydrogen-bond donors (Lipinski definition) is 1. The Balaban J connectivity index is 1.64. The Hall–Kier alpha value is -1.39.